The number of ether oxygens (including phenoxy) is 1. The van der Waals surface area contributed by atoms with Gasteiger partial charge in [-0.2, -0.15) is 5.10 Å². The first kappa shape index (κ1) is 14.2. The van der Waals surface area contributed by atoms with Gasteiger partial charge in [-0.05, 0) is 36.7 Å². The summed E-state index contributed by atoms with van der Waals surface area (Å²) in [5.41, 5.74) is 7.70. The molecule has 2 rings (SSSR count). The van der Waals surface area contributed by atoms with Crippen LogP contribution in [0, 0.1) is 0 Å². The Hall–Kier alpha value is -2.21. The van der Waals surface area contributed by atoms with E-state index in [0.717, 1.165) is 24.2 Å². The molecule has 0 aromatic carbocycles. The fraction of sp³-hybridized carbons (Fsp3) is 0.357. The van der Waals surface area contributed by atoms with E-state index < -0.39 is 0 Å². The first-order chi connectivity index (χ1) is 9.72. The Labute approximate surface area is 118 Å². The van der Waals surface area contributed by atoms with Gasteiger partial charge in [-0.3, -0.25) is 0 Å². The van der Waals surface area contributed by atoms with Gasteiger partial charge in [0.15, 0.2) is 0 Å². The molecule has 0 bridgehead atoms. The van der Waals surface area contributed by atoms with Gasteiger partial charge >= 0.3 is 0 Å². The van der Waals surface area contributed by atoms with Crippen molar-refractivity contribution in [2.45, 2.75) is 19.4 Å². The van der Waals surface area contributed by atoms with Gasteiger partial charge in [0.25, 0.3) is 0 Å². The summed E-state index contributed by atoms with van der Waals surface area (Å²) in [6.07, 6.45) is 2.49. The number of hydrogen-bond donors (Lipinski definition) is 2. The van der Waals surface area contributed by atoms with Crippen LogP contribution < -0.4 is 15.8 Å². The van der Waals surface area contributed by atoms with E-state index in [1.807, 2.05) is 24.3 Å². The summed E-state index contributed by atoms with van der Waals surface area (Å²) in [5, 5.41) is 11.6. The Bertz CT molecular complexity index is 544. The van der Waals surface area contributed by atoms with Crippen molar-refractivity contribution < 1.29 is 4.74 Å². The highest BCUT2D eigenvalue weighted by Gasteiger charge is 2.13. The molecule has 1 unspecified atom stereocenters. The number of likely N-dealkylation sites (N-methyl/N-ethyl adjacent to an activating group) is 1. The SMILES string of the molecule is CCNC(Cc1ccnc(N)c1)c1ccc(OC)nn1. The lowest BCUT2D eigenvalue weighted by Crippen LogP contribution is -2.24. The van der Waals surface area contributed by atoms with Gasteiger partial charge in [0.1, 0.15) is 5.82 Å². The molecule has 0 fully saturated rings. The minimum atomic E-state index is 0.0835. The van der Waals surface area contributed by atoms with Crippen molar-refractivity contribution in [3.63, 3.8) is 0 Å². The molecule has 0 saturated heterocycles. The van der Waals surface area contributed by atoms with Gasteiger partial charge < -0.3 is 15.8 Å². The lowest BCUT2D eigenvalue weighted by Gasteiger charge is -2.17. The number of anilines is 1. The largest absolute Gasteiger partial charge is 0.480 e. The second kappa shape index (κ2) is 6.81. The predicted molar refractivity (Wildman–Crippen MR) is 77.4 cm³/mol. The van der Waals surface area contributed by atoms with Crippen LogP contribution in [0.3, 0.4) is 0 Å². The molecular weight excluding hydrogens is 254 g/mol. The second-order valence-corrected chi connectivity index (χ2v) is 4.40. The molecule has 0 spiro atoms. The monoisotopic (exact) mass is 273 g/mol. The number of rotatable bonds is 6. The number of nitrogen functional groups attached to an aromatic ring is 1. The molecule has 1 atom stereocenters. The lowest BCUT2D eigenvalue weighted by molar-refractivity contribution is 0.389. The van der Waals surface area contributed by atoms with Crippen molar-refractivity contribution in [3.05, 3.63) is 41.7 Å². The molecule has 6 heteroatoms. The zero-order valence-corrected chi connectivity index (χ0v) is 11.7. The van der Waals surface area contributed by atoms with Crippen LogP contribution in [0.25, 0.3) is 0 Å². The Kier molecular flexibility index (Phi) is 4.84. The molecule has 0 radical (unpaired) electrons. The van der Waals surface area contributed by atoms with E-state index >= 15 is 0 Å². The van der Waals surface area contributed by atoms with E-state index in [2.05, 4.69) is 27.4 Å². The third-order valence-electron chi connectivity index (χ3n) is 2.96. The first-order valence-corrected chi connectivity index (χ1v) is 6.54. The Balaban J connectivity index is 2.17. The highest BCUT2D eigenvalue weighted by atomic mass is 16.5. The average Bonchev–Trinajstić information content (AvgIpc) is 2.47. The van der Waals surface area contributed by atoms with E-state index in [1.54, 1.807) is 13.3 Å². The smallest absolute Gasteiger partial charge is 0.233 e. The van der Waals surface area contributed by atoms with Crippen LogP contribution >= 0.6 is 0 Å². The Morgan fingerprint density at radius 2 is 2.15 bits per heavy atom. The minimum Gasteiger partial charge on any atom is -0.480 e. The van der Waals surface area contributed by atoms with Crippen molar-refractivity contribution in [1.82, 2.24) is 20.5 Å². The molecule has 6 nitrogen and oxygen atoms in total. The number of aromatic nitrogens is 3. The normalized spacial score (nSPS) is 12.1. The van der Waals surface area contributed by atoms with E-state index in [1.165, 1.54) is 0 Å². The summed E-state index contributed by atoms with van der Waals surface area (Å²) in [6, 6.07) is 7.65. The summed E-state index contributed by atoms with van der Waals surface area (Å²) in [7, 11) is 1.57. The van der Waals surface area contributed by atoms with Crippen molar-refractivity contribution in [3.8, 4) is 5.88 Å². The second-order valence-electron chi connectivity index (χ2n) is 4.40. The standard InChI is InChI=1S/C14H19N5O/c1-3-16-12(8-10-6-7-17-13(15)9-10)11-4-5-14(20-2)19-18-11/h4-7,9,12,16H,3,8H2,1-2H3,(H2,15,17). The number of methoxy groups -OCH3 is 1. The molecule has 20 heavy (non-hydrogen) atoms. The Morgan fingerprint density at radius 3 is 2.75 bits per heavy atom. The van der Waals surface area contributed by atoms with Crippen LogP contribution in [-0.2, 0) is 6.42 Å². The molecule has 2 aromatic heterocycles. The van der Waals surface area contributed by atoms with Crippen LogP contribution in [0.5, 0.6) is 5.88 Å². The molecule has 0 aliphatic rings. The van der Waals surface area contributed by atoms with Crippen molar-refractivity contribution in [2.75, 3.05) is 19.4 Å². The van der Waals surface area contributed by atoms with E-state index in [9.17, 15) is 0 Å². The fourth-order valence-electron chi connectivity index (χ4n) is 2.01. The number of nitrogens with zero attached hydrogens (tertiary/aromatic N) is 3. The number of pyridine rings is 1. The van der Waals surface area contributed by atoms with Crippen molar-refractivity contribution in [2.24, 2.45) is 0 Å². The number of hydrogen-bond acceptors (Lipinski definition) is 6. The lowest BCUT2D eigenvalue weighted by atomic mass is 10.0. The third kappa shape index (κ3) is 3.64. The highest BCUT2D eigenvalue weighted by molar-refractivity contribution is 5.32. The highest BCUT2D eigenvalue weighted by Crippen LogP contribution is 2.18. The topological polar surface area (TPSA) is 86.0 Å². The molecule has 0 amide bonds. The molecule has 2 aromatic rings. The molecule has 106 valence electrons. The summed E-state index contributed by atoms with van der Waals surface area (Å²) in [5.74, 6) is 1.04. The third-order valence-corrected chi connectivity index (χ3v) is 2.96. The molecule has 0 aliphatic carbocycles. The number of nitrogens with two attached hydrogens (primary N) is 1. The van der Waals surface area contributed by atoms with Crippen LogP contribution in [0.1, 0.15) is 24.2 Å². The van der Waals surface area contributed by atoms with Crippen LogP contribution in [-0.4, -0.2) is 28.8 Å². The molecule has 0 saturated carbocycles. The molecule has 2 heterocycles. The van der Waals surface area contributed by atoms with E-state index in [-0.39, 0.29) is 6.04 Å². The van der Waals surface area contributed by atoms with Crippen LogP contribution in [0.15, 0.2) is 30.5 Å². The van der Waals surface area contributed by atoms with Gasteiger partial charge in [0.2, 0.25) is 5.88 Å². The first-order valence-electron chi connectivity index (χ1n) is 6.54. The average molecular weight is 273 g/mol. The van der Waals surface area contributed by atoms with Crippen LogP contribution in [0.2, 0.25) is 0 Å². The van der Waals surface area contributed by atoms with Gasteiger partial charge in [0, 0.05) is 12.3 Å². The quantitative estimate of drug-likeness (QED) is 0.826. The fourth-order valence-corrected chi connectivity index (χ4v) is 2.01. The summed E-state index contributed by atoms with van der Waals surface area (Å²) in [4.78, 5) is 4.00. The van der Waals surface area contributed by atoms with Gasteiger partial charge in [-0.25, -0.2) is 4.98 Å². The number of nitrogens with one attached hydrogen (secondary N) is 1. The maximum Gasteiger partial charge on any atom is 0.233 e. The van der Waals surface area contributed by atoms with E-state index in [0.29, 0.717) is 11.7 Å². The maximum atomic E-state index is 5.71. The van der Waals surface area contributed by atoms with Crippen LogP contribution in [0.4, 0.5) is 5.82 Å². The zero-order chi connectivity index (χ0) is 14.4. The van der Waals surface area contributed by atoms with E-state index in [4.69, 9.17) is 10.5 Å². The minimum absolute atomic E-state index is 0.0835. The molecule has 3 N–H and O–H groups in total. The Morgan fingerprint density at radius 1 is 1.30 bits per heavy atom. The van der Waals surface area contributed by atoms with Crippen molar-refractivity contribution in [1.29, 1.82) is 0 Å². The zero-order valence-electron chi connectivity index (χ0n) is 11.7. The maximum absolute atomic E-state index is 5.71. The van der Waals surface area contributed by atoms with Crippen molar-refractivity contribution >= 4 is 5.82 Å². The summed E-state index contributed by atoms with van der Waals surface area (Å²) in [6.45, 7) is 2.91. The van der Waals surface area contributed by atoms with Gasteiger partial charge in [0.05, 0.1) is 18.8 Å². The molecule has 0 aliphatic heterocycles. The molecular formula is C14H19N5O. The summed E-state index contributed by atoms with van der Waals surface area (Å²) >= 11 is 0. The predicted octanol–water partition coefficient (Wildman–Crippen LogP) is 1.36. The van der Waals surface area contributed by atoms with Gasteiger partial charge in [-0.15, -0.1) is 5.10 Å². The summed E-state index contributed by atoms with van der Waals surface area (Å²) < 4.78 is 5.02. The van der Waals surface area contributed by atoms with Gasteiger partial charge in [-0.1, -0.05) is 6.92 Å².